The van der Waals surface area contributed by atoms with Gasteiger partial charge in [-0.05, 0) is 49.2 Å². The lowest BCUT2D eigenvalue weighted by molar-refractivity contribution is 0.235. The molecule has 7 heteroatoms. The topological polar surface area (TPSA) is 76.8 Å². The number of hydrogen-bond acceptors (Lipinski definition) is 3. The van der Waals surface area contributed by atoms with Gasteiger partial charge in [-0.2, -0.15) is 10.2 Å². The molecule has 0 aliphatic rings. The number of amides is 2. The van der Waals surface area contributed by atoms with E-state index in [0.29, 0.717) is 0 Å². The van der Waals surface area contributed by atoms with Crippen LogP contribution in [0.15, 0.2) is 85.5 Å². The number of hydrogen-bond donors (Lipinski definition) is 2. The second-order valence-corrected chi connectivity index (χ2v) is 7.08. The standard InChI is InChI=1S/C23H24N6O/c1-17(19-9-3-5-11-21(19)28-15-7-13-24-28)26-23(30)27-18(2)20-10-4-6-12-22(20)29-16-8-14-25-29/h3-18H,1-2H3,(H2,26,27,30). The zero-order chi connectivity index (χ0) is 20.9. The first-order valence-corrected chi connectivity index (χ1v) is 9.88. The van der Waals surface area contributed by atoms with Crippen molar-refractivity contribution in [2.45, 2.75) is 25.9 Å². The first-order valence-electron chi connectivity index (χ1n) is 9.88. The van der Waals surface area contributed by atoms with E-state index < -0.39 is 0 Å². The molecule has 0 fully saturated rings. The van der Waals surface area contributed by atoms with E-state index in [1.165, 1.54) is 0 Å². The van der Waals surface area contributed by atoms with Crippen molar-refractivity contribution in [3.63, 3.8) is 0 Å². The third-order valence-electron chi connectivity index (χ3n) is 5.00. The van der Waals surface area contributed by atoms with E-state index in [-0.39, 0.29) is 18.1 Å². The summed E-state index contributed by atoms with van der Waals surface area (Å²) in [4.78, 5) is 12.7. The van der Waals surface area contributed by atoms with Gasteiger partial charge in [-0.15, -0.1) is 0 Å². The largest absolute Gasteiger partial charge is 0.332 e. The number of rotatable bonds is 6. The summed E-state index contributed by atoms with van der Waals surface area (Å²) in [5.41, 5.74) is 3.85. The van der Waals surface area contributed by atoms with E-state index >= 15 is 0 Å². The third-order valence-corrected chi connectivity index (χ3v) is 5.00. The molecular weight excluding hydrogens is 376 g/mol. The van der Waals surface area contributed by atoms with Gasteiger partial charge in [-0.25, -0.2) is 14.2 Å². The fraction of sp³-hybridized carbons (Fsp3) is 0.174. The molecule has 4 rings (SSSR count). The van der Waals surface area contributed by atoms with Gasteiger partial charge in [-0.1, -0.05) is 36.4 Å². The molecule has 2 aromatic carbocycles. The molecule has 7 nitrogen and oxygen atoms in total. The van der Waals surface area contributed by atoms with Crippen LogP contribution in [0.4, 0.5) is 4.79 Å². The van der Waals surface area contributed by atoms with Gasteiger partial charge in [-0.3, -0.25) is 0 Å². The van der Waals surface area contributed by atoms with Crippen LogP contribution in [0.1, 0.15) is 37.1 Å². The van der Waals surface area contributed by atoms with Crippen LogP contribution in [0.25, 0.3) is 11.4 Å². The molecule has 0 bridgehead atoms. The maximum atomic E-state index is 12.7. The lowest BCUT2D eigenvalue weighted by Gasteiger charge is -2.22. The molecule has 0 saturated heterocycles. The predicted octanol–water partition coefficient (Wildman–Crippen LogP) is 4.18. The molecule has 4 aromatic rings. The van der Waals surface area contributed by atoms with Crippen molar-refractivity contribution >= 4 is 6.03 Å². The molecule has 2 unspecified atom stereocenters. The Bertz CT molecular complexity index is 1020. The van der Waals surface area contributed by atoms with Crippen molar-refractivity contribution in [2.24, 2.45) is 0 Å². The maximum absolute atomic E-state index is 12.7. The highest BCUT2D eigenvalue weighted by Crippen LogP contribution is 2.23. The predicted molar refractivity (Wildman–Crippen MR) is 116 cm³/mol. The molecule has 2 heterocycles. The zero-order valence-electron chi connectivity index (χ0n) is 16.9. The van der Waals surface area contributed by atoms with E-state index in [0.717, 1.165) is 22.5 Å². The summed E-state index contributed by atoms with van der Waals surface area (Å²) in [5, 5.41) is 14.7. The van der Waals surface area contributed by atoms with Gasteiger partial charge in [0.15, 0.2) is 0 Å². The lowest BCUT2D eigenvalue weighted by Crippen LogP contribution is -2.38. The van der Waals surface area contributed by atoms with E-state index in [2.05, 4.69) is 20.8 Å². The Morgan fingerprint density at radius 3 is 1.57 bits per heavy atom. The zero-order valence-corrected chi connectivity index (χ0v) is 16.9. The average Bonchev–Trinajstić information content (AvgIpc) is 3.48. The van der Waals surface area contributed by atoms with Gasteiger partial charge >= 0.3 is 6.03 Å². The summed E-state index contributed by atoms with van der Waals surface area (Å²) in [6.07, 6.45) is 7.25. The van der Waals surface area contributed by atoms with Crippen molar-refractivity contribution in [2.75, 3.05) is 0 Å². The molecule has 2 aromatic heterocycles. The van der Waals surface area contributed by atoms with Gasteiger partial charge in [0.1, 0.15) is 0 Å². The monoisotopic (exact) mass is 400 g/mol. The summed E-state index contributed by atoms with van der Waals surface area (Å²) in [6, 6.07) is 18.9. The molecular formula is C23H24N6O. The summed E-state index contributed by atoms with van der Waals surface area (Å²) >= 11 is 0. The first kappa shape index (κ1) is 19.4. The lowest BCUT2D eigenvalue weighted by atomic mass is 10.1. The summed E-state index contributed by atoms with van der Waals surface area (Å²) in [6.45, 7) is 3.93. The van der Waals surface area contributed by atoms with Crippen LogP contribution in [0, 0.1) is 0 Å². The van der Waals surface area contributed by atoms with Crippen LogP contribution in [0.5, 0.6) is 0 Å². The van der Waals surface area contributed by atoms with Crippen molar-refractivity contribution in [1.82, 2.24) is 30.2 Å². The SMILES string of the molecule is CC(NC(=O)NC(C)c1ccccc1-n1cccn1)c1ccccc1-n1cccn1. The Morgan fingerprint density at radius 1 is 0.733 bits per heavy atom. The van der Waals surface area contributed by atoms with Gasteiger partial charge < -0.3 is 10.6 Å². The van der Waals surface area contributed by atoms with E-state index in [4.69, 9.17) is 0 Å². The van der Waals surface area contributed by atoms with Gasteiger partial charge in [0.2, 0.25) is 0 Å². The van der Waals surface area contributed by atoms with Gasteiger partial charge in [0.05, 0.1) is 23.5 Å². The second-order valence-electron chi connectivity index (χ2n) is 7.08. The molecule has 30 heavy (non-hydrogen) atoms. The number of carbonyl (C=O) groups excluding carboxylic acids is 1. The number of nitrogens with one attached hydrogen (secondary N) is 2. The number of urea groups is 1. The van der Waals surface area contributed by atoms with Crippen LogP contribution >= 0.6 is 0 Å². The van der Waals surface area contributed by atoms with Crippen LogP contribution in [-0.4, -0.2) is 25.6 Å². The molecule has 0 aliphatic carbocycles. The van der Waals surface area contributed by atoms with Crippen molar-refractivity contribution in [1.29, 1.82) is 0 Å². The Hall–Kier alpha value is -3.87. The Morgan fingerprint density at radius 2 is 1.17 bits per heavy atom. The minimum atomic E-state index is -0.236. The molecule has 2 atom stereocenters. The van der Waals surface area contributed by atoms with Crippen molar-refractivity contribution < 1.29 is 4.79 Å². The van der Waals surface area contributed by atoms with Crippen LogP contribution < -0.4 is 10.6 Å². The molecule has 2 N–H and O–H groups in total. The molecule has 152 valence electrons. The quantitative estimate of drug-likeness (QED) is 0.510. The van der Waals surface area contributed by atoms with Crippen LogP contribution in [0.3, 0.4) is 0 Å². The van der Waals surface area contributed by atoms with Gasteiger partial charge in [0.25, 0.3) is 0 Å². The molecule has 0 spiro atoms. The minimum absolute atomic E-state index is 0.195. The smallest absolute Gasteiger partial charge is 0.315 e. The molecule has 2 amide bonds. The third kappa shape index (κ3) is 4.10. The maximum Gasteiger partial charge on any atom is 0.315 e. The number of nitrogens with zero attached hydrogens (tertiary/aromatic N) is 4. The number of benzene rings is 2. The number of para-hydroxylation sites is 2. The van der Waals surface area contributed by atoms with E-state index in [1.54, 1.807) is 21.8 Å². The normalized spacial score (nSPS) is 12.9. The number of carbonyl (C=O) groups is 1. The van der Waals surface area contributed by atoms with Crippen molar-refractivity contribution in [3.8, 4) is 11.4 Å². The van der Waals surface area contributed by atoms with Crippen LogP contribution in [-0.2, 0) is 0 Å². The minimum Gasteiger partial charge on any atom is -0.332 e. The summed E-state index contributed by atoms with van der Waals surface area (Å²) in [5.74, 6) is 0. The summed E-state index contributed by atoms with van der Waals surface area (Å²) < 4.78 is 3.60. The second kappa shape index (κ2) is 8.65. The fourth-order valence-electron chi connectivity index (χ4n) is 3.54. The molecule has 0 saturated carbocycles. The Balaban J connectivity index is 1.48. The number of aromatic nitrogens is 4. The Kier molecular flexibility index (Phi) is 5.61. The fourth-order valence-corrected chi connectivity index (χ4v) is 3.54. The molecule has 0 aliphatic heterocycles. The highest BCUT2D eigenvalue weighted by molar-refractivity contribution is 5.75. The van der Waals surface area contributed by atoms with E-state index in [9.17, 15) is 4.79 Å². The summed E-state index contributed by atoms with van der Waals surface area (Å²) in [7, 11) is 0. The van der Waals surface area contributed by atoms with E-state index in [1.807, 2.05) is 86.9 Å². The Labute approximate surface area is 175 Å². The van der Waals surface area contributed by atoms with Gasteiger partial charge in [0, 0.05) is 24.8 Å². The first-order chi connectivity index (χ1) is 14.6. The highest BCUT2D eigenvalue weighted by Gasteiger charge is 2.18. The highest BCUT2D eigenvalue weighted by atomic mass is 16.2. The average molecular weight is 400 g/mol. The van der Waals surface area contributed by atoms with Crippen molar-refractivity contribution in [3.05, 3.63) is 96.6 Å². The molecule has 0 radical (unpaired) electrons. The van der Waals surface area contributed by atoms with Crippen LogP contribution in [0.2, 0.25) is 0 Å².